The largest absolute Gasteiger partial charge is 0.396 e. The molecule has 0 aromatic heterocycles. The molecule has 0 atom stereocenters. The van der Waals surface area contributed by atoms with E-state index in [1.165, 1.54) is 0 Å². The molecule has 0 saturated heterocycles. The number of benzene rings is 1. The maximum atomic E-state index is 8.66. The lowest BCUT2D eigenvalue weighted by Crippen LogP contribution is -2.12. The average Bonchev–Trinajstić information content (AvgIpc) is 2.14. The van der Waals surface area contributed by atoms with Crippen molar-refractivity contribution in [2.24, 2.45) is 5.73 Å². The number of nitrogen functional groups attached to an aromatic ring is 1. The van der Waals surface area contributed by atoms with Crippen LogP contribution >= 0.6 is 11.8 Å². The van der Waals surface area contributed by atoms with Crippen molar-refractivity contribution in [3.8, 4) is 0 Å². The molecular weight excluding hydrogens is 196 g/mol. The molecule has 0 radical (unpaired) electrons. The molecule has 0 saturated carbocycles. The first kappa shape index (κ1) is 11.1. The van der Waals surface area contributed by atoms with Crippen LogP contribution in [0.5, 0.6) is 0 Å². The number of rotatable bonds is 4. The van der Waals surface area contributed by atoms with Gasteiger partial charge in [0.1, 0.15) is 5.84 Å². The molecule has 0 fully saturated rings. The fourth-order valence-electron chi connectivity index (χ4n) is 1.19. The first-order chi connectivity index (χ1) is 6.65. The van der Waals surface area contributed by atoms with E-state index in [4.69, 9.17) is 16.2 Å². The van der Waals surface area contributed by atoms with Crippen LogP contribution in [0.2, 0.25) is 0 Å². The van der Waals surface area contributed by atoms with Crippen LogP contribution in [0.15, 0.2) is 23.1 Å². The van der Waals surface area contributed by atoms with Gasteiger partial charge in [-0.2, -0.15) is 0 Å². The quantitative estimate of drug-likeness (QED) is 0.399. The molecule has 4 N–H and O–H groups in total. The first-order valence-electron chi connectivity index (χ1n) is 4.34. The van der Waals surface area contributed by atoms with Gasteiger partial charge in [0.2, 0.25) is 0 Å². The Morgan fingerprint density at radius 3 is 2.79 bits per heavy atom. The van der Waals surface area contributed by atoms with Crippen LogP contribution in [-0.2, 0) is 0 Å². The molecule has 14 heavy (non-hydrogen) atoms. The van der Waals surface area contributed by atoms with E-state index in [1.807, 2.05) is 25.1 Å². The molecule has 76 valence electrons. The van der Waals surface area contributed by atoms with E-state index >= 15 is 0 Å². The lowest BCUT2D eigenvalue weighted by Gasteiger charge is -2.06. The molecule has 1 aromatic rings. The Hall–Kier alpha value is -1.00. The van der Waals surface area contributed by atoms with Gasteiger partial charge in [0, 0.05) is 16.2 Å². The van der Waals surface area contributed by atoms with Crippen molar-refractivity contribution in [2.45, 2.75) is 11.8 Å². The minimum Gasteiger partial charge on any atom is -0.396 e. The van der Waals surface area contributed by atoms with Gasteiger partial charge in [-0.3, -0.25) is 5.41 Å². The molecule has 0 unspecified atom stereocenters. The van der Waals surface area contributed by atoms with E-state index in [2.05, 4.69) is 0 Å². The van der Waals surface area contributed by atoms with Gasteiger partial charge in [0.25, 0.3) is 0 Å². The predicted octanol–water partition coefficient (Wildman–Crippen LogP) is 1.36. The van der Waals surface area contributed by atoms with Crippen LogP contribution in [-0.4, -0.2) is 23.3 Å². The van der Waals surface area contributed by atoms with E-state index in [0.29, 0.717) is 5.75 Å². The zero-order valence-corrected chi connectivity index (χ0v) is 8.90. The number of hydrogen-bond donors (Lipinski definition) is 3. The van der Waals surface area contributed by atoms with Crippen molar-refractivity contribution in [2.75, 3.05) is 12.4 Å². The van der Waals surface area contributed by atoms with Gasteiger partial charge in [-0.15, -0.1) is 11.8 Å². The summed E-state index contributed by atoms with van der Waals surface area (Å²) in [4.78, 5) is 1.10. The minimum atomic E-state index is 0.0983. The Balaban J connectivity index is 2.83. The fourth-order valence-corrected chi connectivity index (χ4v) is 1.94. The molecule has 0 aliphatic rings. The Kier molecular flexibility index (Phi) is 3.98. The highest BCUT2D eigenvalue weighted by molar-refractivity contribution is 7.99. The summed E-state index contributed by atoms with van der Waals surface area (Å²) >= 11 is 1.59. The third-order valence-corrected chi connectivity index (χ3v) is 2.82. The number of hydrogen-bond acceptors (Lipinski definition) is 3. The van der Waals surface area contributed by atoms with Crippen molar-refractivity contribution in [3.05, 3.63) is 29.3 Å². The molecule has 0 bridgehead atoms. The third kappa shape index (κ3) is 2.75. The van der Waals surface area contributed by atoms with E-state index in [0.717, 1.165) is 16.0 Å². The SMILES string of the molecule is Cc1cc(SCCO)ccc1C(=N)N. The maximum absolute atomic E-state index is 8.66. The molecule has 0 aliphatic carbocycles. The highest BCUT2D eigenvalue weighted by Gasteiger charge is 2.02. The van der Waals surface area contributed by atoms with Crippen molar-refractivity contribution >= 4 is 17.6 Å². The average molecular weight is 210 g/mol. The van der Waals surface area contributed by atoms with Gasteiger partial charge in [0.05, 0.1) is 6.61 Å². The van der Waals surface area contributed by atoms with Crippen LogP contribution in [0, 0.1) is 12.3 Å². The van der Waals surface area contributed by atoms with Crippen molar-refractivity contribution in [3.63, 3.8) is 0 Å². The Morgan fingerprint density at radius 2 is 2.29 bits per heavy atom. The fraction of sp³-hybridized carbons (Fsp3) is 0.300. The van der Waals surface area contributed by atoms with Crippen LogP contribution in [0.4, 0.5) is 0 Å². The van der Waals surface area contributed by atoms with Crippen LogP contribution < -0.4 is 5.73 Å². The van der Waals surface area contributed by atoms with Crippen molar-refractivity contribution in [1.82, 2.24) is 0 Å². The number of aryl methyl sites for hydroxylation is 1. The van der Waals surface area contributed by atoms with Crippen LogP contribution in [0.25, 0.3) is 0 Å². The highest BCUT2D eigenvalue weighted by Crippen LogP contribution is 2.20. The van der Waals surface area contributed by atoms with Gasteiger partial charge < -0.3 is 10.8 Å². The second-order valence-electron chi connectivity index (χ2n) is 2.96. The molecule has 0 spiro atoms. The van der Waals surface area contributed by atoms with Crippen LogP contribution in [0.3, 0.4) is 0 Å². The predicted molar refractivity (Wildman–Crippen MR) is 60.0 cm³/mol. The number of amidine groups is 1. The second kappa shape index (κ2) is 5.02. The van der Waals surface area contributed by atoms with Crippen LogP contribution in [0.1, 0.15) is 11.1 Å². The van der Waals surface area contributed by atoms with Gasteiger partial charge in [0.15, 0.2) is 0 Å². The molecule has 0 heterocycles. The van der Waals surface area contributed by atoms with E-state index in [1.54, 1.807) is 11.8 Å². The zero-order valence-electron chi connectivity index (χ0n) is 8.08. The number of nitrogens with two attached hydrogens (primary N) is 1. The van der Waals surface area contributed by atoms with Crippen molar-refractivity contribution < 1.29 is 5.11 Å². The van der Waals surface area contributed by atoms with E-state index in [-0.39, 0.29) is 12.4 Å². The summed E-state index contributed by atoms with van der Waals surface area (Å²) in [6.45, 7) is 2.11. The van der Waals surface area contributed by atoms with E-state index < -0.39 is 0 Å². The van der Waals surface area contributed by atoms with Gasteiger partial charge in [-0.25, -0.2) is 0 Å². The van der Waals surface area contributed by atoms with Gasteiger partial charge >= 0.3 is 0 Å². The summed E-state index contributed by atoms with van der Waals surface area (Å²) in [5.74, 6) is 0.792. The van der Waals surface area contributed by atoms with Gasteiger partial charge in [-0.1, -0.05) is 0 Å². The maximum Gasteiger partial charge on any atom is 0.123 e. The summed E-state index contributed by atoms with van der Waals surface area (Å²) < 4.78 is 0. The molecule has 1 rings (SSSR count). The van der Waals surface area contributed by atoms with E-state index in [9.17, 15) is 0 Å². The molecule has 1 aromatic carbocycles. The standard InChI is InChI=1S/C10H14N2OS/c1-7-6-8(14-5-4-13)2-3-9(7)10(11)12/h2-3,6,13H,4-5H2,1H3,(H3,11,12). The summed E-state index contributed by atoms with van der Waals surface area (Å²) in [7, 11) is 0. The first-order valence-corrected chi connectivity index (χ1v) is 5.32. The molecule has 4 heteroatoms. The Bertz CT molecular complexity index is 339. The smallest absolute Gasteiger partial charge is 0.123 e. The number of thioether (sulfide) groups is 1. The molecule has 0 amide bonds. The Labute approximate surface area is 87.8 Å². The zero-order chi connectivity index (χ0) is 10.6. The lowest BCUT2D eigenvalue weighted by molar-refractivity contribution is 0.322. The summed E-state index contributed by atoms with van der Waals surface area (Å²) in [5, 5.41) is 16.0. The monoisotopic (exact) mass is 210 g/mol. The molecule has 0 aliphatic heterocycles. The summed E-state index contributed by atoms with van der Waals surface area (Å²) in [6.07, 6.45) is 0. The highest BCUT2D eigenvalue weighted by atomic mass is 32.2. The normalized spacial score (nSPS) is 10.1. The minimum absolute atomic E-state index is 0.0983. The summed E-state index contributed by atoms with van der Waals surface area (Å²) in [5.41, 5.74) is 7.18. The number of nitrogens with one attached hydrogen (secondary N) is 1. The number of aliphatic hydroxyl groups excluding tert-OH is 1. The summed E-state index contributed by atoms with van der Waals surface area (Å²) in [6, 6.07) is 5.75. The third-order valence-electron chi connectivity index (χ3n) is 1.85. The van der Waals surface area contributed by atoms with Gasteiger partial charge in [-0.05, 0) is 30.7 Å². The number of aliphatic hydroxyl groups is 1. The molecule has 3 nitrogen and oxygen atoms in total. The second-order valence-corrected chi connectivity index (χ2v) is 4.13. The lowest BCUT2D eigenvalue weighted by atomic mass is 10.1. The van der Waals surface area contributed by atoms with Crippen molar-refractivity contribution in [1.29, 1.82) is 5.41 Å². The molecular formula is C10H14N2OS. The Morgan fingerprint density at radius 1 is 1.57 bits per heavy atom. The topological polar surface area (TPSA) is 70.1 Å².